The first-order valence-electron chi connectivity index (χ1n) is 14.1. The van der Waals surface area contributed by atoms with Crippen molar-refractivity contribution in [3.8, 4) is 34.1 Å². The average Bonchev–Trinajstić information content (AvgIpc) is 3.70. The molecule has 0 radical (unpaired) electrons. The molecule has 0 atom stereocenters. The Balaban J connectivity index is 0.000000315. The van der Waals surface area contributed by atoms with Gasteiger partial charge in [-0.15, -0.1) is 0 Å². The van der Waals surface area contributed by atoms with Gasteiger partial charge in [-0.3, -0.25) is 19.1 Å². The van der Waals surface area contributed by atoms with Crippen molar-refractivity contribution in [3.63, 3.8) is 0 Å². The summed E-state index contributed by atoms with van der Waals surface area (Å²) in [5.74, 6) is 0.737. The van der Waals surface area contributed by atoms with Crippen LogP contribution in [-0.2, 0) is 6.54 Å². The van der Waals surface area contributed by atoms with E-state index < -0.39 is 16.6 Å². The number of hydrogen-bond acceptors (Lipinski definition) is 9. The van der Waals surface area contributed by atoms with Gasteiger partial charge in [0.25, 0.3) is 10.9 Å². The lowest BCUT2D eigenvalue weighted by molar-refractivity contribution is 0.331. The van der Waals surface area contributed by atoms with Gasteiger partial charge in [0.15, 0.2) is 17.2 Å². The highest BCUT2D eigenvalue weighted by molar-refractivity contribution is 5.84. The fourth-order valence-corrected chi connectivity index (χ4v) is 5.32. The number of hydrogen-bond donors (Lipinski definition) is 3. The van der Waals surface area contributed by atoms with E-state index >= 15 is 0 Å². The molecular weight excluding hydrogens is 542 g/mol. The number of anilines is 2. The minimum atomic E-state index is -0.806. The number of fused-ring (bicyclic) bond motifs is 1. The number of nitrogens with zero attached hydrogens (tertiary/aromatic N) is 5. The van der Waals surface area contributed by atoms with Crippen LogP contribution in [0.25, 0.3) is 39.5 Å². The molecule has 216 valence electrons. The van der Waals surface area contributed by atoms with E-state index in [1.165, 1.54) is 38.5 Å². The Hall–Kier alpha value is -5.35. The molecule has 43 heavy (non-hydrogen) atoms. The van der Waals surface area contributed by atoms with Gasteiger partial charge in [0, 0.05) is 31.0 Å². The number of rotatable bonds is 6. The largest absolute Gasteiger partial charge is 0.502 e. The first kappa shape index (κ1) is 27.8. The second kappa shape index (κ2) is 11.9. The van der Waals surface area contributed by atoms with Crippen molar-refractivity contribution >= 4 is 22.7 Å². The van der Waals surface area contributed by atoms with E-state index in [9.17, 15) is 9.59 Å². The molecule has 0 aliphatic carbocycles. The Morgan fingerprint density at radius 3 is 2.28 bits per heavy atom. The third kappa shape index (κ3) is 5.47. The molecular formula is C33H31N7O3. The van der Waals surface area contributed by atoms with Gasteiger partial charge in [-0.25, -0.2) is 15.0 Å². The van der Waals surface area contributed by atoms with Gasteiger partial charge in [-0.1, -0.05) is 42.5 Å². The molecule has 6 aromatic rings. The summed E-state index contributed by atoms with van der Waals surface area (Å²) < 4.78 is 2.09. The molecule has 3 aromatic heterocycles. The molecule has 1 aliphatic heterocycles. The summed E-state index contributed by atoms with van der Waals surface area (Å²) in [6, 6.07) is 26.8. The van der Waals surface area contributed by atoms with Crippen LogP contribution in [0.2, 0.25) is 0 Å². The summed E-state index contributed by atoms with van der Waals surface area (Å²) in [5.41, 5.74) is 11.5. The molecule has 7 rings (SSSR count). The standard InChI is InChI=1S/C28H26N6.C5H5NO3/c29-26-23(9-6-16-30-26)27-32-25-15-14-24(21-7-2-1-3-8-21)31-28(25)34(27)22-12-10-20(11-13-22)19-33-17-4-5-18-33;1-6-2-3(7)5(9)4(2)8/h1-3,6-16H,4-5,17-19H2,(H2,29,30);6-7H,1H3. The topological polar surface area (TPSA) is 139 Å². The molecule has 0 spiro atoms. The van der Waals surface area contributed by atoms with E-state index in [4.69, 9.17) is 20.8 Å². The fourth-order valence-electron chi connectivity index (χ4n) is 5.32. The highest BCUT2D eigenvalue weighted by Gasteiger charge is 2.19. The molecule has 0 unspecified atom stereocenters. The lowest BCUT2D eigenvalue weighted by Crippen LogP contribution is -2.32. The lowest BCUT2D eigenvalue weighted by atomic mass is 10.1. The summed E-state index contributed by atoms with van der Waals surface area (Å²) >= 11 is 0. The van der Waals surface area contributed by atoms with Crippen molar-refractivity contribution < 1.29 is 5.11 Å². The van der Waals surface area contributed by atoms with Crippen molar-refractivity contribution in [2.45, 2.75) is 19.4 Å². The number of aromatic hydroxyl groups is 1. The number of aromatic nitrogens is 4. The SMILES string of the molecule is CNc1c(O)c(=O)c1=O.Nc1ncccc1-c1nc2ccc(-c3ccccc3)nc2n1-c1ccc(CN2CCCC2)cc1. The second-order valence-electron chi connectivity index (χ2n) is 10.4. The molecule has 4 heterocycles. The molecule has 1 saturated heterocycles. The summed E-state index contributed by atoms with van der Waals surface area (Å²) in [5, 5.41) is 11.0. The third-order valence-corrected chi connectivity index (χ3v) is 7.59. The van der Waals surface area contributed by atoms with E-state index in [2.05, 4.69) is 56.2 Å². The van der Waals surface area contributed by atoms with Crippen LogP contribution < -0.4 is 21.9 Å². The monoisotopic (exact) mass is 573 g/mol. The molecule has 1 fully saturated rings. The Labute approximate surface area is 247 Å². The van der Waals surface area contributed by atoms with Crippen LogP contribution in [0.1, 0.15) is 18.4 Å². The maximum Gasteiger partial charge on any atom is 0.271 e. The van der Waals surface area contributed by atoms with Crippen LogP contribution in [-0.4, -0.2) is 49.7 Å². The molecule has 0 bridgehead atoms. The van der Waals surface area contributed by atoms with E-state index in [0.29, 0.717) is 5.82 Å². The summed E-state index contributed by atoms with van der Waals surface area (Å²) in [6.07, 6.45) is 4.29. The Kier molecular flexibility index (Phi) is 7.67. The van der Waals surface area contributed by atoms with Crippen LogP contribution in [0.3, 0.4) is 0 Å². The zero-order chi connectivity index (χ0) is 29.9. The van der Waals surface area contributed by atoms with Gasteiger partial charge in [0.1, 0.15) is 17.0 Å². The van der Waals surface area contributed by atoms with Gasteiger partial charge in [0.05, 0.1) is 11.3 Å². The van der Waals surface area contributed by atoms with Gasteiger partial charge < -0.3 is 16.2 Å². The van der Waals surface area contributed by atoms with Crippen molar-refractivity contribution in [1.29, 1.82) is 0 Å². The van der Waals surface area contributed by atoms with Crippen LogP contribution in [0.4, 0.5) is 11.5 Å². The zero-order valence-corrected chi connectivity index (χ0v) is 23.7. The number of pyridine rings is 2. The maximum absolute atomic E-state index is 10.4. The van der Waals surface area contributed by atoms with Crippen LogP contribution in [0.15, 0.2) is 94.6 Å². The summed E-state index contributed by atoms with van der Waals surface area (Å²) in [6.45, 7) is 3.36. The fraction of sp³-hybridized carbons (Fsp3) is 0.182. The molecule has 1 aliphatic rings. The van der Waals surface area contributed by atoms with Gasteiger partial charge in [-0.2, -0.15) is 0 Å². The predicted molar refractivity (Wildman–Crippen MR) is 169 cm³/mol. The summed E-state index contributed by atoms with van der Waals surface area (Å²) in [7, 11) is 1.47. The van der Waals surface area contributed by atoms with E-state index in [1.807, 2.05) is 42.5 Å². The third-order valence-electron chi connectivity index (χ3n) is 7.59. The normalized spacial score (nSPS) is 13.2. The highest BCUT2D eigenvalue weighted by atomic mass is 16.3. The van der Waals surface area contributed by atoms with Gasteiger partial charge >= 0.3 is 0 Å². The van der Waals surface area contributed by atoms with Crippen molar-refractivity contribution in [2.75, 3.05) is 31.2 Å². The van der Waals surface area contributed by atoms with Crippen LogP contribution in [0, 0.1) is 0 Å². The first-order chi connectivity index (χ1) is 20.9. The second-order valence-corrected chi connectivity index (χ2v) is 10.4. The van der Waals surface area contributed by atoms with Crippen LogP contribution in [0.5, 0.6) is 5.75 Å². The minimum Gasteiger partial charge on any atom is -0.502 e. The predicted octanol–water partition coefficient (Wildman–Crippen LogP) is 4.36. The minimum absolute atomic E-state index is 0.0139. The number of nitrogens with two attached hydrogens (primary N) is 1. The molecule has 0 saturated carbocycles. The number of imidazole rings is 1. The lowest BCUT2D eigenvalue weighted by Gasteiger charge is -2.15. The molecule has 10 heteroatoms. The number of nitrogens with one attached hydrogen (secondary N) is 1. The Bertz CT molecular complexity index is 1950. The maximum atomic E-state index is 10.4. The Morgan fingerprint density at radius 2 is 1.63 bits per heavy atom. The molecule has 3 aromatic carbocycles. The number of benzene rings is 2. The van der Waals surface area contributed by atoms with E-state index in [0.717, 1.165) is 46.0 Å². The quantitative estimate of drug-likeness (QED) is 0.248. The molecule has 0 amide bonds. The van der Waals surface area contributed by atoms with Crippen molar-refractivity contribution in [1.82, 2.24) is 24.4 Å². The van der Waals surface area contributed by atoms with Crippen molar-refractivity contribution in [2.24, 2.45) is 0 Å². The van der Waals surface area contributed by atoms with E-state index in [-0.39, 0.29) is 5.69 Å². The van der Waals surface area contributed by atoms with E-state index in [1.54, 1.807) is 6.20 Å². The summed E-state index contributed by atoms with van der Waals surface area (Å²) in [4.78, 5) is 37.4. The number of nitrogen functional groups attached to an aromatic ring is 1. The number of likely N-dealkylation sites (tertiary alicyclic amines) is 1. The Morgan fingerprint density at radius 1 is 0.884 bits per heavy atom. The smallest absolute Gasteiger partial charge is 0.271 e. The first-order valence-corrected chi connectivity index (χ1v) is 14.1. The zero-order valence-electron chi connectivity index (χ0n) is 23.7. The van der Waals surface area contributed by atoms with Crippen molar-refractivity contribution in [3.05, 3.63) is 111 Å². The molecule has 4 N–H and O–H groups in total. The molecule has 10 nitrogen and oxygen atoms in total. The van der Waals surface area contributed by atoms with Crippen LogP contribution >= 0.6 is 0 Å². The van der Waals surface area contributed by atoms with Gasteiger partial charge in [-0.05, 0) is 67.9 Å². The highest BCUT2D eigenvalue weighted by Crippen LogP contribution is 2.32. The average molecular weight is 574 g/mol. The van der Waals surface area contributed by atoms with Gasteiger partial charge in [0.2, 0.25) is 0 Å².